The summed E-state index contributed by atoms with van der Waals surface area (Å²) in [6.07, 6.45) is 11.1. The molecule has 1 N–H and O–H groups in total. The van der Waals surface area contributed by atoms with Crippen molar-refractivity contribution in [2.45, 2.75) is 25.4 Å². The summed E-state index contributed by atoms with van der Waals surface area (Å²) < 4.78 is 7.73. The van der Waals surface area contributed by atoms with Crippen molar-refractivity contribution in [1.29, 1.82) is 0 Å². The summed E-state index contributed by atoms with van der Waals surface area (Å²) in [5.74, 6) is 0.477. The summed E-state index contributed by atoms with van der Waals surface area (Å²) in [6, 6.07) is 7.42. The van der Waals surface area contributed by atoms with Gasteiger partial charge in [-0.1, -0.05) is 0 Å². The van der Waals surface area contributed by atoms with E-state index in [1.54, 1.807) is 35.4 Å². The first kappa shape index (κ1) is 20.3. The number of ketones is 1. The number of piperidine rings is 1. The summed E-state index contributed by atoms with van der Waals surface area (Å²) in [6.45, 7) is 1.88. The minimum Gasteiger partial charge on any atom is -0.474 e. The molecule has 0 saturated carbocycles. The van der Waals surface area contributed by atoms with Gasteiger partial charge in [0.25, 0.3) is 0 Å². The Balaban J connectivity index is 1.33. The van der Waals surface area contributed by atoms with Crippen LogP contribution in [0.25, 0.3) is 22.0 Å². The second kappa shape index (κ2) is 8.84. The monoisotopic (exact) mass is 428 g/mol. The molecule has 0 bridgehead atoms. The number of ether oxygens (including phenoxy) is 1. The van der Waals surface area contributed by atoms with Crippen molar-refractivity contribution in [3.8, 4) is 17.0 Å². The fraction of sp³-hybridized carbons (Fsp3) is 0.292. The predicted octanol–water partition coefficient (Wildman–Crippen LogP) is 2.98. The predicted molar refractivity (Wildman–Crippen MR) is 121 cm³/mol. The van der Waals surface area contributed by atoms with Gasteiger partial charge in [-0.25, -0.2) is 4.98 Å². The molecule has 8 nitrogen and oxygen atoms in total. The zero-order chi connectivity index (χ0) is 21.9. The van der Waals surface area contributed by atoms with E-state index in [2.05, 4.69) is 25.4 Å². The third kappa shape index (κ3) is 4.50. The fourth-order valence-corrected chi connectivity index (χ4v) is 3.90. The molecule has 5 rings (SSSR count). The average Bonchev–Trinajstić information content (AvgIpc) is 3.26. The molecule has 4 aromatic rings. The van der Waals surface area contributed by atoms with Crippen molar-refractivity contribution in [1.82, 2.24) is 30.0 Å². The molecule has 162 valence electrons. The number of fused-ring (bicyclic) bond motifs is 1. The van der Waals surface area contributed by atoms with Crippen molar-refractivity contribution in [2.75, 3.05) is 13.1 Å². The lowest BCUT2D eigenvalue weighted by Crippen LogP contribution is -2.34. The third-order valence-corrected chi connectivity index (χ3v) is 5.63. The Morgan fingerprint density at radius 2 is 1.97 bits per heavy atom. The average molecular weight is 428 g/mol. The SMILES string of the molecule is Cn1cc(-c2cnc3cnc(CC(=O)c4ccnc(OC5CCNCC5)c4)cc3c2)cn1. The van der Waals surface area contributed by atoms with Gasteiger partial charge in [0.1, 0.15) is 6.10 Å². The highest BCUT2D eigenvalue weighted by molar-refractivity contribution is 5.98. The van der Waals surface area contributed by atoms with Crippen LogP contribution in [-0.2, 0) is 13.5 Å². The van der Waals surface area contributed by atoms with Gasteiger partial charge in [-0.3, -0.25) is 19.4 Å². The van der Waals surface area contributed by atoms with Gasteiger partial charge < -0.3 is 10.1 Å². The Hall–Kier alpha value is -3.65. The largest absolute Gasteiger partial charge is 0.474 e. The lowest BCUT2D eigenvalue weighted by molar-refractivity contribution is 0.0990. The number of nitrogens with one attached hydrogen (secondary N) is 1. The minimum absolute atomic E-state index is 0.0224. The number of nitrogens with zero attached hydrogens (tertiary/aromatic N) is 5. The maximum atomic E-state index is 12.9. The first-order valence-corrected chi connectivity index (χ1v) is 10.7. The van der Waals surface area contributed by atoms with Crippen molar-refractivity contribution in [2.24, 2.45) is 7.05 Å². The van der Waals surface area contributed by atoms with Gasteiger partial charge in [-0.15, -0.1) is 0 Å². The highest BCUT2D eigenvalue weighted by atomic mass is 16.5. The van der Waals surface area contributed by atoms with Gasteiger partial charge in [-0.2, -0.15) is 5.10 Å². The van der Waals surface area contributed by atoms with Crippen molar-refractivity contribution >= 4 is 16.7 Å². The van der Waals surface area contributed by atoms with Gasteiger partial charge in [0.15, 0.2) is 5.78 Å². The van der Waals surface area contributed by atoms with Gasteiger partial charge in [0, 0.05) is 59.5 Å². The van der Waals surface area contributed by atoms with E-state index in [0.717, 1.165) is 48.0 Å². The molecule has 8 heteroatoms. The minimum atomic E-state index is -0.0224. The van der Waals surface area contributed by atoms with E-state index < -0.39 is 0 Å². The highest BCUT2D eigenvalue weighted by Gasteiger charge is 2.16. The summed E-state index contributed by atoms with van der Waals surface area (Å²) >= 11 is 0. The lowest BCUT2D eigenvalue weighted by atomic mass is 10.1. The van der Waals surface area contributed by atoms with Crippen LogP contribution in [0, 0.1) is 0 Å². The summed E-state index contributed by atoms with van der Waals surface area (Å²) in [4.78, 5) is 26.1. The molecule has 0 amide bonds. The molecule has 0 spiro atoms. The molecule has 1 saturated heterocycles. The Labute approximate surface area is 185 Å². The number of aryl methyl sites for hydroxylation is 1. The first-order chi connectivity index (χ1) is 15.6. The highest BCUT2D eigenvalue weighted by Crippen LogP contribution is 2.23. The Kier molecular flexibility index (Phi) is 5.60. The van der Waals surface area contributed by atoms with E-state index in [9.17, 15) is 4.79 Å². The van der Waals surface area contributed by atoms with E-state index in [0.29, 0.717) is 17.1 Å². The standard InChI is InChI=1S/C24H24N6O2/c1-30-15-19(13-29-30)18-8-17-9-20(27-14-22(17)28-12-18)11-23(31)16-2-7-26-24(10-16)32-21-3-5-25-6-4-21/h2,7-10,12-15,21,25H,3-6,11H2,1H3. The molecule has 5 heterocycles. The van der Waals surface area contributed by atoms with Crippen LogP contribution in [0.2, 0.25) is 0 Å². The molecule has 32 heavy (non-hydrogen) atoms. The topological polar surface area (TPSA) is 94.8 Å². The van der Waals surface area contributed by atoms with Crippen molar-refractivity contribution < 1.29 is 9.53 Å². The van der Waals surface area contributed by atoms with Crippen LogP contribution >= 0.6 is 0 Å². The van der Waals surface area contributed by atoms with Gasteiger partial charge in [0.2, 0.25) is 5.88 Å². The van der Waals surface area contributed by atoms with Crippen molar-refractivity contribution in [3.63, 3.8) is 0 Å². The van der Waals surface area contributed by atoms with Gasteiger partial charge in [0.05, 0.1) is 24.3 Å². The van der Waals surface area contributed by atoms with Crippen LogP contribution in [0.3, 0.4) is 0 Å². The zero-order valence-electron chi connectivity index (χ0n) is 17.9. The number of carbonyl (C=O) groups excluding carboxylic acids is 1. The van der Waals surface area contributed by atoms with Crippen LogP contribution in [-0.4, -0.2) is 49.7 Å². The number of hydrogen-bond acceptors (Lipinski definition) is 7. The molecule has 4 aromatic heterocycles. The smallest absolute Gasteiger partial charge is 0.214 e. The molecule has 0 radical (unpaired) electrons. The molecule has 0 unspecified atom stereocenters. The summed E-state index contributed by atoms with van der Waals surface area (Å²) in [5.41, 5.74) is 4.03. The van der Waals surface area contributed by atoms with Crippen LogP contribution in [0.5, 0.6) is 5.88 Å². The molecular formula is C24H24N6O2. The number of rotatable bonds is 6. The van der Waals surface area contributed by atoms with Crippen LogP contribution in [0.15, 0.2) is 55.2 Å². The molecule has 1 aliphatic rings. The quantitative estimate of drug-likeness (QED) is 0.472. The summed E-state index contributed by atoms with van der Waals surface area (Å²) in [5, 5.41) is 8.47. The van der Waals surface area contributed by atoms with Gasteiger partial charge >= 0.3 is 0 Å². The summed E-state index contributed by atoms with van der Waals surface area (Å²) in [7, 11) is 1.88. The van der Waals surface area contributed by atoms with Crippen LogP contribution < -0.4 is 10.1 Å². The van der Waals surface area contributed by atoms with Crippen LogP contribution in [0.1, 0.15) is 28.9 Å². The number of aromatic nitrogens is 5. The third-order valence-electron chi connectivity index (χ3n) is 5.63. The molecule has 0 aliphatic carbocycles. The number of Topliss-reactive ketones (excluding diaryl/α,β-unsaturated/α-hetero) is 1. The Morgan fingerprint density at radius 3 is 2.78 bits per heavy atom. The van der Waals surface area contributed by atoms with E-state index in [4.69, 9.17) is 4.74 Å². The molecule has 0 atom stereocenters. The second-order valence-corrected chi connectivity index (χ2v) is 8.04. The normalized spacial score (nSPS) is 14.5. The van der Waals surface area contributed by atoms with E-state index in [-0.39, 0.29) is 18.3 Å². The van der Waals surface area contributed by atoms with Crippen molar-refractivity contribution in [3.05, 3.63) is 66.5 Å². The van der Waals surface area contributed by atoms with Gasteiger partial charge in [-0.05, 0) is 44.1 Å². The number of hydrogen-bond donors (Lipinski definition) is 1. The fourth-order valence-electron chi connectivity index (χ4n) is 3.90. The number of carbonyl (C=O) groups is 1. The molecule has 1 fully saturated rings. The molecular weight excluding hydrogens is 404 g/mol. The van der Waals surface area contributed by atoms with Crippen LogP contribution in [0.4, 0.5) is 0 Å². The molecule has 0 aromatic carbocycles. The second-order valence-electron chi connectivity index (χ2n) is 8.04. The maximum Gasteiger partial charge on any atom is 0.214 e. The van der Waals surface area contributed by atoms with E-state index in [1.807, 2.05) is 31.6 Å². The van der Waals surface area contributed by atoms with E-state index in [1.165, 1.54) is 0 Å². The zero-order valence-corrected chi connectivity index (χ0v) is 17.9. The molecule has 1 aliphatic heterocycles. The Bertz CT molecular complexity index is 1260. The number of pyridine rings is 3. The maximum absolute atomic E-state index is 12.9. The first-order valence-electron chi connectivity index (χ1n) is 10.7. The van der Waals surface area contributed by atoms with E-state index >= 15 is 0 Å². The lowest BCUT2D eigenvalue weighted by Gasteiger charge is -2.23. The Morgan fingerprint density at radius 1 is 1.09 bits per heavy atom.